The van der Waals surface area contributed by atoms with Crippen molar-refractivity contribution < 1.29 is 9.50 Å². The molecule has 1 fully saturated rings. The van der Waals surface area contributed by atoms with Crippen molar-refractivity contribution in [2.24, 2.45) is 5.92 Å². The van der Waals surface area contributed by atoms with Crippen LogP contribution in [0.4, 0.5) is 4.39 Å². The number of hydrogen-bond acceptors (Lipinski definition) is 2. The Morgan fingerprint density at radius 2 is 2.21 bits per heavy atom. The molecular formula is C11H12FNO. The normalized spacial score (nSPS) is 15.5. The fraction of sp³-hybridized carbons (Fsp3) is 0.364. The molecule has 1 aromatic carbocycles. The van der Waals surface area contributed by atoms with Gasteiger partial charge >= 0.3 is 0 Å². The summed E-state index contributed by atoms with van der Waals surface area (Å²) in [7, 11) is 0. The van der Waals surface area contributed by atoms with Crippen LogP contribution in [0, 0.1) is 17.1 Å². The number of halogens is 1. The maximum Gasteiger partial charge on any atom is 0.124 e. The first kappa shape index (κ1) is 9.19. The number of phenolic OH excluding ortho intramolecular Hbond substituents is 1. The van der Waals surface area contributed by atoms with Crippen molar-refractivity contribution in [3.8, 4) is 5.75 Å². The maximum atomic E-state index is 12.9. The zero-order valence-corrected chi connectivity index (χ0v) is 7.76. The summed E-state index contributed by atoms with van der Waals surface area (Å²) < 4.78 is 12.9. The fourth-order valence-electron chi connectivity index (χ4n) is 1.47. The number of benzene rings is 1. The molecule has 0 radical (unpaired) electrons. The first-order chi connectivity index (χ1) is 6.66. The molecule has 0 spiro atoms. The third-order valence-electron chi connectivity index (χ3n) is 2.47. The van der Waals surface area contributed by atoms with Gasteiger partial charge in [-0.1, -0.05) is 0 Å². The molecule has 0 bridgehead atoms. The van der Waals surface area contributed by atoms with Gasteiger partial charge in [0.05, 0.1) is 0 Å². The third kappa shape index (κ3) is 1.92. The highest BCUT2D eigenvalue weighted by Gasteiger charge is 2.24. The van der Waals surface area contributed by atoms with Crippen molar-refractivity contribution in [3.05, 3.63) is 29.6 Å². The Balaban J connectivity index is 2.20. The topological polar surface area (TPSA) is 44.1 Å². The van der Waals surface area contributed by atoms with Crippen LogP contribution in [0.1, 0.15) is 24.8 Å². The van der Waals surface area contributed by atoms with Gasteiger partial charge in [0.2, 0.25) is 0 Å². The second kappa shape index (κ2) is 3.40. The molecule has 3 heteroatoms. The van der Waals surface area contributed by atoms with Crippen molar-refractivity contribution in [1.29, 1.82) is 5.41 Å². The molecule has 0 unspecified atom stereocenters. The summed E-state index contributed by atoms with van der Waals surface area (Å²) in [6.45, 7) is 0. The van der Waals surface area contributed by atoms with Gasteiger partial charge in [-0.15, -0.1) is 0 Å². The van der Waals surface area contributed by atoms with Crippen LogP contribution in [-0.4, -0.2) is 10.8 Å². The lowest BCUT2D eigenvalue weighted by Gasteiger charge is -2.05. The smallest absolute Gasteiger partial charge is 0.124 e. The van der Waals surface area contributed by atoms with Crippen LogP contribution in [-0.2, 0) is 0 Å². The predicted molar refractivity (Wildman–Crippen MR) is 52.2 cm³/mol. The van der Waals surface area contributed by atoms with E-state index in [9.17, 15) is 9.50 Å². The minimum Gasteiger partial charge on any atom is -0.507 e. The highest BCUT2D eigenvalue weighted by Crippen LogP contribution is 2.34. The van der Waals surface area contributed by atoms with E-state index < -0.39 is 5.82 Å². The summed E-state index contributed by atoms with van der Waals surface area (Å²) in [5.41, 5.74) is 0.668. The van der Waals surface area contributed by atoms with Crippen LogP contribution in [0.5, 0.6) is 5.75 Å². The number of hydrogen-bond donors (Lipinski definition) is 2. The van der Waals surface area contributed by atoms with E-state index in [1.165, 1.54) is 18.2 Å². The highest BCUT2D eigenvalue weighted by molar-refractivity contribution is 6.00. The van der Waals surface area contributed by atoms with Crippen molar-refractivity contribution >= 4 is 5.71 Å². The summed E-state index contributed by atoms with van der Waals surface area (Å²) in [4.78, 5) is 0. The van der Waals surface area contributed by atoms with Gasteiger partial charge in [-0.2, -0.15) is 0 Å². The minimum atomic E-state index is -0.404. The monoisotopic (exact) mass is 193 g/mol. The first-order valence-electron chi connectivity index (χ1n) is 4.73. The molecule has 0 aromatic heterocycles. The van der Waals surface area contributed by atoms with Gasteiger partial charge in [0.25, 0.3) is 0 Å². The Morgan fingerprint density at radius 1 is 1.50 bits per heavy atom. The number of rotatable bonds is 3. The van der Waals surface area contributed by atoms with Gasteiger partial charge in [0.15, 0.2) is 0 Å². The number of aromatic hydroxyl groups is 1. The standard InChI is InChI=1S/C11H12FNO/c12-8-3-4-11(14)9(6-8)10(13)5-7-1-2-7/h3-4,6-7,13-14H,1-2,5H2. The van der Waals surface area contributed by atoms with E-state index in [4.69, 9.17) is 5.41 Å². The third-order valence-corrected chi connectivity index (χ3v) is 2.47. The van der Waals surface area contributed by atoms with Gasteiger partial charge in [-0.25, -0.2) is 4.39 Å². The van der Waals surface area contributed by atoms with Crippen LogP contribution in [0.3, 0.4) is 0 Å². The molecule has 14 heavy (non-hydrogen) atoms. The van der Waals surface area contributed by atoms with Gasteiger partial charge < -0.3 is 10.5 Å². The molecule has 2 N–H and O–H groups in total. The quantitative estimate of drug-likeness (QED) is 0.712. The van der Waals surface area contributed by atoms with Crippen molar-refractivity contribution in [2.75, 3.05) is 0 Å². The lowest BCUT2D eigenvalue weighted by Crippen LogP contribution is -2.01. The molecule has 1 aliphatic carbocycles. The molecule has 1 aliphatic rings. The fourth-order valence-corrected chi connectivity index (χ4v) is 1.47. The summed E-state index contributed by atoms with van der Waals surface area (Å²) in [6, 6.07) is 3.72. The maximum absolute atomic E-state index is 12.9. The molecule has 0 saturated heterocycles. The molecule has 0 aliphatic heterocycles. The highest BCUT2D eigenvalue weighted by atomic mass is 19.1. The second-order valence-corrected chi connectivity index (χ2v) is 3.79. The number of phenols is 1. The Bertz CT molecular complexity index is 372. The van der Waals surface area contributed by atoms with E-state index in [2.05, 4.69) is 0 Å². The van der Waals surface area contributed by atoms with E-state index in [1.807, 2.05) is 0 Å². The Morgan fingerprint density at radius 3 is 2.86 bits per heavy atom. The zero-order valence-electron chi connectivity index (χ0n) is 7.76. The molecule has 74 valence electrons. The SMILES string of the molecule is N=C(CC1CC1)c1cc(F)ccc1O. The molecule has 0 amide bonds. The van der Waals surface area contributed by atoms with Crippen LogP contribution in [0.25, 0.3) is 0 Å². The number of nitrogens with one attached hydrogen (secondary N) is 1. The molecule has 1 aromatic rings. The van der Waals surface area contributed by atoms with Crippen molar-refractivity contribution in [3.63, 3.8) is 0 Å². The lowest BCUT2D eigenvalue weighted by molar-refractivity contribution is 0.471. The van der Waals surface area contributed by atoms with Crippen LogP contribution >= 0.6 is 0 Å². The van der Waals surface area contributed by atoms with Gasteiger partial charge in [-0.3, -0.25) is 0 Å². The lowest BCUT2D eigenvalue weighted by atomic mass is 10.0. The van der Waals surface area contributed by atoms with E-state index in [0.717, 1.165) is 12.8 Å². The van der Waals surface area contributed by atoms with Crippen LogP contribution in [0.2, 0.25) is 0 Å². The van der Waals surface area contributed by atoms with Crippen molar-refractivity contribution in [2.45, 2.75) is 19.3 Å². The summed E-state index contributed by atoms with van der Waals surface area (Å²) >= 11 is 0. The average molecular weight is 193 g/mol. The molecule has 1 saturated carbocycles. The van der Waals surface area contributed by atoms with Crippen molar-refractivity contribution in [1.82, 2.24) is 0 Å². The van der Waals surface area contributed by atoms with Gasteiger partial charge in [-0.05, 0) is 43.4 Å². The molecule has 2 nitrogen and oxygen atoms in total. The largest absolute Gasteiger partial charge is 0.507 e. The minimum absolute atomic E-state index is 0.00273. The molecular weight excluding hydrogens is 181 g/mol. The van der Waals surface area contributed by atoms with Gasteiger partial charge in [0.1, 0.15) is 11.6 Å². The summed E-state index contributed by atoms with van der Waals surface area (Å²) in [5, 5.41) is 17.1. The molecule has 0 heterocycles. The molecule has 2 rings (SSSR count). The summed E-state index contributed by atoms with van der Waals surface area (Å²) in [5.74, 6) is 0.167. The average Bonchev–Trinajstić information content (AvgIpc) is 2.93. The van der Waals surface area contributed by atoms with E-state index in [-0.39, 0.29) is 5.75 Å². The van der Waals surface area contributed by atoms with Gasteiger partial charge in [0, 0.05) is 11.3 Å². The summed E-state index contributed by atoms with van der Waals surface area (Å²) in [6.07, 6.45) is 2.95. The Kier molecular flexibility index (Phi) is 2.23. The molecule has 0 atom stereocenters. The van der Waals surface area contributed by atoms with Crippen LogP contribution in [0.15, 0.2) is 18.2 Å². The van der Waals surface area contributed by atoms with E-state index in [0.29, 0.717) is 23.6 Å². The van der Waals surface area contributed by atoms with E-state index >= 15 is 0 Å². The first-order valence-corrected chi connectivity index (χ1v) is 4.73. The zero-order chi connectivity index (χ0) is 10.1. The van der Waals surface area contributed by atoms with Crippen LogP contribution < -0.4 is 0 Å². The van der Waals surface area contributed by atoms with E-state index in [1.54, 1.807) is 0 Å². The Labute approximate surface area is 81.9 Å². The Hall–Kier alpha value is -1.38. The predicted octanol–water partition coefficient (Wildman–Crippen LogP) is 2.70. The second-order valence-electron chi connectivity index (χ2n) is 3.79.